The summed E-state index contributed by atoms with van der Waals surface area (Å²) in [6.07, 6.45) is 0.0829. The van der Waals surface area contributed by atoms with E-state index in [1.807, 2.05) is 55.5 Å². The molecule has 1 amide bonds. The van der Waals surface area contributed by atoms with E-state index >= 15 is 0 Å². The normalized spacial score (nSPS) is 22.0. The molecule has 2 aliphatic rings. The van der Waals surface area contributed by atoms with E-state index in [2.05, 4.69) is 52.0 Å². The maximum Gasteiger partial charge on any atom is 0.412 e. The first-order valence-corrected chi connectivity index (χ1v) is 12.7. The van der Waals surface area contributed by atoms with Crippen molar-refractivity contribution < 1.29 is 19.0 Å². The van der Waals surface area contributed by atoms with Crippen molar-refractivity contribution >= 4 is 17.7 Å². The highest BCUT2D eigenvalue weighted by Gasteiger charge is 2.49. The molecule has 0 aliphatic carbocycles. The summed E-state index contributed by atoms with van der Waals surface area (Å²) in [4.78, 5) is 21.5. The molecule has 1 aromatic heterocycles. The first-order valence-electron chi connectivity index (χ1n) is 12.7. The number of fused-ring (bicyclic) bond motifs is 1. The minimum Gasteiger partial charge on any atom is -0.441 e. The molecule has 2 saturated heterocycles. The Morgan fingerprint density at radius 2 is 1.55 bits per heavy atom. The van der Waals surface area contributed by atoms with E-state index in [0.29, 0.717) is 18.2 Å². The smallest absolute Gasteiger partial charge is 0.412 e. The van der Waals surface area contributed by atoms with E-state index in [9.17, 15) is 4.79 Å². The van der Waals surface area contributed by atoms with E-state index in [1.54, 1.807) is 6.20 Å². The number of rotatable bonds is 6. The lowest BCUT2D eigenvalue weighted by molar-refractivity contribution is 0.00917. The number of benzene rings is 3. The summed E-state index contributed by atoms with van der Waals surface area (Å²) in [5.41, 5.74) is 5.93. The number of ether oxygens (including phenoxy) is 3. The largest absolute Gasteiger partial charge is 0.441 e. The molecule has 192 valence electrons. The number of carbonyl (C=O) groups excluding carboxylic acids is 1. The van der Waals surface area contributed by atoms with E-state index in [1.165, 1.54) is 5.56 Å². The van der Waals surface area contributed by atoms with Crippen molar-refractivity contribution in [3.63, 3.8) is 0 Å². The molecule has 0 saturated carbocycles. The Balaban J connectivity index is 1.07. The van der Waals surface area contributed by atoms with Crippen molar-refractivity contribution in [3.05, 3.63) is 96.7 Å². The predicted octanol–water partition coefficient (Wildman–Crippen LogP) is 5.31. The number of amides is 1. The standard InChI is InChI=1S/C30H28N4O4/c1-19-7-13-23(14-8-19)32-30(35)38-26-18-37-27-25(17-36-28(26)27)34-29-31-16-15-24(33-29)22-11-9-21(10-12-22)20-5-3-2-4-6-20/h2-16,25-28H,17-18H2,1H3,(H,32,35)(H,31,33,34)/t25-,26+,27+,28+/m0/s1. The predicted molar refractivity (Wildman–Crippen MR) is 145 cm³/mol. The number of anilines is 2. The average molecular weight is 509 g/mol. The summed E-state index contributed by atoms with van der Waals surface area (Å²) in [6, 6.07) is 27.8. The van der Waals surface area contributed by atoms with Crippen LogP contribution in [-0.4, -0.2) is 53.6 Å². The molecule has 0 spiro atoms. The highest BCUT2D eigenvalue weighted by Crippen LogP contribution is 2.31. The Kier molecular flexibility index (Phi) is 6.73. The first-order chi connectivity index (χ1) is 18.6. The van der Waals surface area contributed by atoms with E-state index in [4.69, 9.17) is 19.2 Å². The molecule has 2 N–H and O–H groups in total. The molecular weight excluding hydrogens is 480 g/mol. The average Bonchev–Trinajstić information content (AvgIpc) is 3.54. The second-order valence-corrected chi connectivity index (χ2v) is 9.49. The summed E-state index contributed by atoms with van der Waals surface area (Å²) >= 11 is 0. The van der Waals surface area contributed by atoms with Crippen LogP contribution in [0.4, 0.5) is 16.4 Å². The fourth-order valence-electron chi connectivity index (χ4n) is 4.83. The van der Waals surface area contributed by atoms with Crippen molar-refractivity contribution in [1.29, 1.82) is 0 Å². The van der Waals surface area contributed by atoms with Crippen molar-refractivity contribution in [2.24, 2.45) is 0 Å². The second kappa shape index (κ2) is 10.6. The molecular formula is C30H28N4O4. The lowest BCUT2D eigenvalue weighted by Crippen LogP contribution is -2.38. The van der Waals surface area contributed by atoms with Crippen LogP contribution in [0.2, 0.25) is 0 Å². The van der Waals surface area contributed by atoms with Crippen LogP contribution in [0.25, 0.3) is 22.4 Å². The number of carbonyl (C=O) groups is 1. The van der Waals surface area contributed by atoms with E-state index in [0.717, 1.165) is 22.4 Å². The Bertz CT molecular complexity index is 1400. The van der Waals surface area contributed by atoms with Crippen molar-refractivity contribution in [3.8, 4) is 22.4 Å². The number of nitrogens with one attached hydrogen (secondary N) is 2. The van der Waals surface area contributed by atoms with Crippen LogP contribution >= 0.6 is 0 Å². The maximum atomic E-state index is 12.4. The molecule has 3 aromatic carbocycles. The van der Waals surface area contributed by atoms with E-state index in [-0.39, 0.29) is 24.9 Å². The molecule has 8 nitrogen and oxygen atoms in total. The molecule has 4 aromatic rings. The van der Waals surface area contributed by atoms with Crippen LogP contribution in [0.5, 0.6) is 0 Å². The summed E-state index contributed by atoms with van der Waals surface area (Å²) in [6.45, 7) is 2.65. The Labute approximate surface area is 221 Å². The van der Waals surface area contributed by atoms with Gasteiger partial charge in [0.1, 0.15) is 12.2 Å². The summed E-state index contributed by atoms with van der Waals surface area (Å²) in [5.74, 6) is 0.494. The van der Waals surface area contributed by atoms with Crippen LogP contribution in [0, 0.1) is 6.92 Å². The molecule has 0 unspecified atom stereocenters. The molecule has 6 rings (SSSR count). The van der Waals surface area contributed by atoms with E-state index < -0.39 is 12.2 Å². The number of aromatic nitrogens is 2. The van der Waals surface area contributed by atoms with Gasteiger partial charge in [-0.05, 0) is 36.2 Å². The molecule has 3 heterocycles. The van der Waals surface area contributed by atoms with Gasteiger partial charge in [-0.3, -0.25) is 5.32 Å². The van der Waals surface area contributed by atoms with Crippen molar-refractivity contribution in [2.75, 3.05) is 23.8 Å². The number of hydrogen-bond donors (Lipinski definition) is 2. The third-order valence-corrected chi connectivity index (χ3v) is 6.82. The lowest BCUT2D eigenvalue weighted by Gasteiger charge is -2.18. The molecule has 2 aliphatic heterocycles. The number of nitrogens with zero attached hydrogens (tertiary/aromatic N) is 2. The van der Waals surface area contributed by atoms with Crippen molar-refractivity contribution in [1.82, 2.24) is 9.97 Å². The van der Waals surface area contributed by atoms with Gasteiger partial charge in [0.2, 0.25) is 5.95 Å². The highest BCUT2D eigenvalue weighted by molar-refractivity contribution is 5.84. The van der Waals surface area contributed by atoms with Crippen LogP contribution in [-0.2, 0) is 14.2 Å². The van der Waals surface area contributed by atoms with Gasteiger partial charge in [-0.2, -0.15) is 0 Å². The molecule has 0 bridgehead atoms. The molecule has 4 atom stereocenters. The van der Waals surface area contributed by atoms with Gasteiger partial charge in [0.25, 0.3) is 0 Å². The van der Waals surface area contributed by atoms with Gasteiger partial charge in [-0.25, -0.2) is 14.8 Å². The van der Waals surface area contributed by atoms with Crippen molar-refractivity contribution in [2.45, 2.75) is 31.3 Å². The first kappa shape index (κ1) is 24.1. The summed E-state index contributed by atoms with van der Waals surface area (Å²) in [5, 5.41) is 6.10. The zero-order valence-corrected chi connectivity index (χ0v) is 20.9. The zero-order valence-electron chi connectivity index (χ0n) is 20.9. The number of hydrogen-bond acceptors (Lipinski definition) is 7. The van der Waals surface area contributed by atoms with Gasteiger partial charge < -0.3 is 19.5 Å². The minimum atomic E-state index is -0.530. The number of aryl methyl sites for hydroxylation is 1. The Morgan fingerprint density at radius 3 is 2.34 bits per heavy atom. The summed E-state index contributed by atoms with van der Waals surface area (Å²) in [7, 11) is 0. The third kappa shape index (κ3) is 5.22. The SMILES string of the molecule is Cc1ccc(NC(=O)O[C@@H]2CO[C@H]3[C@@H]2OC[C@@H]3Nc2nccc(-c3ccc(-c4ccccc4)cc3)n2)cc1. The fraction of sp³-hybridized carbons (Fsp3) is 0.233. The van der Waals surface area contributed by atoms with Gasteiger partial charge in [0.05, 0.1) is 24.9 Å². The Hall–Kier alpha value is -4.27. The van der Waals surface area contributed by atoms with Crippen LogP contribution in [0.1, 0.15) is 5.56 Å². The van der Waals surface area contributed by atoms with Gasteiger partial charge >= 0.3 is 6.09 Å². The van der Waals surface area contributed by atoms with Crippen LogP contribution < -0.4 is 10.6 Å². The highest BCUT2D eigenvalue weighted by atomic mass is 16.6. The molecule has 8 heteroatoms. The topological polar surface area (TPSA) is 94.6 Å². The molecule has 0 radical (unpaired) electrons. The second-order valence-electron chi connectivity index (χ2n) is 9.49. The summed E-state index contributed by atoms with van der Waals surface area (Å²) < 4.78 is 17.5. The van der Waals surface area contributed by atoms with Gasteiger partial charge in [0, 0.05) is 17.4 Å². The Morgan fingerprint density at radius 1 is 0.842 bits per heavy atom. The monoisotopic (exact) mass is 508 g/mol. The maximum absolute atomic E-state index is 12.4. The van der Waals surface area contributed by atoms with Gasteiger partial charge in [-0.1, -0.05) is 72.3 Å². The fourth-order valence-corrected chi connectivity index (χ4v) is 4.83. The van der Waals surface area contributed by atoms with Crippen LogP contribution in [0.15, 0.2) is 91.1 Å². The van der Waals surface area contributed by atoms with Gasteiger partial charge in [0.15, 0.2) is 6.10 Å². The van der Waals surface area contributed by atoms with Crippen LogP contribution in [0.3, 0.4) is 0 Å². The lowest BCUT2D eigenvalue weighted by atomic mass is 10.0. The minimum absolute atomic E-state index is 0.163. The molecule has 38 heavy (non-hydrogen) atoms. The van der Waals surface area contributed by atoms with Gasteiger partial charge in [-0.15, -0.1) is 0 Å². The quantitative estimate of drug-likeness (QED) is 0.364. The zero-order chi connectivity index (χ0) is 25.9. The molecule has 2 fully saturated rings. The third-order valence-electron chi connectivity index (χ3n) is 6.82.